The van der Waals surface area contributed by atoms with Crippen LogP contribution in [-0.4, -0.2) is 15.0 Å². The van der Waals surface area contributed by atoms with Gasteiger partial charge in [-0.15, -0.1) is 0 Å². The Labute approximate surface area is 184 Å². The van der Waals surface area contributed by atoms with Crippen LogP contribution in [0.1, 0.15) is 30.6 Å². The van der Waals surface area contributed by atoms with Gasteiger partial charge >= 0.3 is 5.69 Å². The van der Waals surface area contributed by atoms with E-state index in [0.29, 0.717) is 49.0 Å². The van der Waals surface area contributed by atoms with Crippen LogP contribution in [0.4, 0.5) is 0 Å². The van der Waals surface area contributed by atoms with Crippen LogP contribution in [0.25, 0.3) is 10.9 Å². The van der Waals surface area contributed by atoms with Crippen molar-refractivity contribution in [1.82, 2.24) is 14.5 Å². The number of carbonyl (C=O) groups is 1. The van der Waals surface area contributed by atoms with E-state index in [1.54, 1.807) is 41.2 Å². The minimum atomic E-state index is -0.333. The first-order chi connectivity index (χ1) is 15.6. The molecule has 4 rings (SSSR count). The van der Waals surface area contributed by atoms with E-state index >= 15 is 0 Å². The number of hydrogen-bond acceptors (Lipinski definition) is 4. The van der Waals surface area contributed by atoms with Crippen LogP contribution in [0.5, 0.6) is 0 Å². The maximum Gasteiger partial charge on any atom is 0.331 e. The molecule has 2 aromatic heterocycles. The summed E-state index contributed by atoms with van der Waals surface area (Å²) >= 11 is 0. The van der Waals surface area contributed by atoms with Gasteiger partial charge < -0.3 is 9.73 Å². The van der Waals surface area contributed by atoms with Crippen molar-refractivity contribution in [1.29, 1.82) is 0 Å². The molecule has 0 aliphatic rings. The van der Waals surface area contributed by atoms with Gasteiger partial charge in [-0.25, -0.2) is 4.79 Å². The lowest BCUT2D eigenvalue weighted by Gasteiger charge is -2.14. The second kappa shape index (κ2) is 9.96. The highest BCUT2D eigenvalue weighted by atomic mass is 16.3. The molecule has 0 spiro atoms. The Bertz CT molecular complexity index is 1300. The van der Waals surface area contributed by atoms with Crippen LogP contribution >= 0.6 is 0 Å². The first-order valence-corrected chi connectivity index (χ1v) is 10.7. The number of nitrogens with zero attached hydrogens (tertiary/aromatic N) is 2. The summed E-state index contributed by atoms with van der Waals surface area (Å²) in [6.45, 7) is 0.999. The van der Waals surface area contributed by atoms with Crippen LogP contribution in [0, 0.1) is 0 Å². The number of carbonyl (C=O) groups excluding carboxylic acids is 1. The molecule has 0 aliphatic carbocycles. The van der Waals surface area contributed by atoms with E-state index in [4.69, 9.17) is 4.42 Å². The lowest BCUT2D eigenvalue weighted by atomic mass is 10.2. The molecule has 7 nitrogen and oxygen atoms in total. The molecule has 164 valence electrons. The summed E-state index contributed by atoms with van der Waals surface area (Å²) in [5, 5.41) is 3.31. The van der Waals surface area contributed by atoms with Crippen LogP contribution in [-0.2, 0) is 24.4 Å². The van der Waals surface area contributed by atoms with E-state index in [1.165, 1.54) is 4.57 Å². The highest BCUT2D eigenvalue weighted by molar-refractivity contribution is 5.78. The smallest absolute Gasteiger partial charge is 0.331 e. The highest BCUT2D eigenvalue weighted by Gasteiger charge is 2.13. The lowest BCUT2D eigenvalue weighted by molar-refractivity contribution is -0.121. The first kappa shape index (κ1) is 21.4. The zero-order valence-electron chi connectivity index (χ0n) is 17.7. The molecule has 0 bridgehead atoms. The van der Waals surface area contributed by atoms with Gasteiger partial charge in [0.1, 0.15) is 5.76 Å². The summed E-state index contributed by atoms with van der Waals surface area (Å²) in [4.78, 5) is 38.2. The molecule has 4 aromatic rings. The quantitative estimate of drug-likeness (QED) is 0.412. The third-order valence-corrected chi connectivity index (χ3v) is 5.39. The van der Waals surface area contributed by atoms with E-state index in [1.807, 2.05) is 36.4 Å². The predicted octanol–water partition coefficient (Wildman–Crippen LogP) is 3.29. The van der Waals surface area contributed by atoms with E-state index in [0.717, 1.165) is 5.56 Å². The van der Waals surface area contributed by atoms with Gasteiger partial charge in [-0.1, -0.05) is 42.5 Å². The Morgan fingerprint density at radius 3 is 2.44 bits per heavy atom. The van der Waals surface area contributed by atoms with Crippen LogP contribution in [0.15, 0.2) is 87.0 Å². The number of rotatable bonds is 9. The molecule has 0 fully saturated rings. The standard InChI is InChI=1S/C25H25N3O4/c29-23(26-17-20-11-8-16-32-20)14-6-7-15-27-24(30)21-12-4-5-13-22(21)28(25(27)31)18-19-9-2-1-3-10-19/h1-5,8-13,16H,6-7,14-15,17-18H2,(H,26,29). The van der Waals surface area contributed by atoms with Gasteiger partial charge in [0, 0.05) is 13.0 Å². The van der Waals surface area contributed by atoms with E-state index in [9.17, 15) is 14.4 Å². The van der Waals surface area contributed by atoms with Gasteiger partial charge in [0.2, 0.25) is 5.91 Å². The summed E-state index contributed by atoms with van der Waals surface area (Å²) in [7, 11) is 0. The van der Waals surface area contributed by atoms with Crippen LogP contribution in [0.2, 0.25) is 0 Å². The van der Waals surface area contributed by atoms with Gasteiger partial charge in [0.15, 0.2) is 0 Å². The third-order valence-electron chi connectivity index (χ3n) is 5.39. The Kier molecular flexibility index (Phi) is 6.65. The average Bonchev–Trinajstić information content (AvgIpc) is 3.34. The molecule has 1 N–H and O–H groups in total. The van der Waals surface area contributed by atoms with Crippen LogP contribution < -0.4 is 16.6 Å². The fraction of sp³-hybridized carbons (Fsp3) is 0.240. The third kappa shape index (κ3) is 4.88. The Morgan fingerprint density at radius 2 is 1.66 bits per heavy atom. The van der Waals surface area contributed by atoms with Crippen molar-refractivity contribution >= 4 is 16.8 Å². The summed E-state index contributed by atoms with van der Waals surface area (Å²) in [5.41, 5.74) is 0.982. The van der Waals surface area contributed by atoms with E-state index in [-0.39, 0.29) is 23.7 Å². The number of furan rings is 1. The minimum absolute atomic E-state index is 0.0891. The number of para-hydroxylation sites is 1. The van der Waals surface area contributed by atoms with Gasteiger partial charge in [-0.05, 0) is 42.7 Å². The molecular weight excluding hydrogens is 406 g/mol. The molecule has 1 amide bonds. The second-order valence-electron chi connectivity index (χ2n) is 7.64. The Hall–Kier alpha value is -3.87. The van der Waals surface area contributed by atoms with Gasteiger partial charge in [0.05, 0.1) is 30.3 Å². The van der Waals surface area contributed by atoms with E-state index < -0.39 is 0 Å². The number of nitrogens with one attached hydrogen (secondary N) is 1. The molecule has 0 unspecified atom stereocenters. The topological polar surface area (TPSA) is 86.2 Å². The summed E-state index contributed by atoms with van der Waals surface area (Å²) < 4.78 is 8.12. The first-order valence-electron chi connectivity index (χ1n) is 10.7. The number of amides is 1. The van der Waals surface area contributed by atoms with Crippen molar-refractivity contribution < 1.29 is 9.21 Å². The maximum atomic E-state index is 13.2. The fourth-order valence-corrected chi connectivity index (χ4v) is 3.73. The number of aromatic nitrogens is 2. The zero-order valence-corrected chi connectivity index (χ0v) is 17.7. The van der Waals surface area contributed by atoms with Gasteiger partial charge in [0.25, 0.3) is 5.56 Å². The Morgan fingerprint density at radius 1 is 0.875 bits per heavy atom. The average molecular weight is 431 g/mol. The van der Waals surface area contributed by atoms with Gasteiger partial charge in [-0.2, -0.15) is 0 Å². The van der Waals surface area contributed by atoms with Crippen LogP contribution in [0.3, 0.4) is 0 Å². The van der Waals surface area contributed by atoms with Gasteiger partial charge in [-0.3, -0.25) is 18.7 Å². The summed E-state index contributed by atoms with van der Waals surface area (Å²) in [5.74, 6) is 0.605. The molecule has 2 aromatic carbocycles. The molecule has 32 heavy (non-hydrogen) atoms. The highest BCUT2D eigenvalue weighted by Crippen LogP contribution is 2.11. The normalized spacial score (nSPS) is 11.0. The molecule has 0 radical (unpaired) electrons. The lowest BCUT2D eigenvalue weighted by Crippen LogP contribution is -2.40. The summed E-state index contributed by atoms with van der Waals surface area (Å²) in [6.07, 6.45) is 3.00. The second-order valence-corrected chi connectivity index (χ2v) is 7.64. The van der Waals surface area contributed by atoms with Crippen molar-refractivity contribution in [2.24, 2.45) is 0 Å². The summed E-state index contributed by atoms with van der Waals surface area (Å²) in [6, 6.07) is 20.4. The molecule has 0 atom stereocenters. The zero-order chi connectivity index (χ0) is 22.3. The van der Waals surface area contributed by atoms with Crippen molar-refractivity contribution in [3.05, 3.63) is 105 Å². The number of hydrogen-bond donors (Lipinski definition) is 1. The monoisotopic (exact) mass is 431 g/mol. The maximum absolute atomic E-state index is 13.2. The fourth-order valence-electron chi connectivity index (χ4n) is 3.73. The van der Waals surface area contributed by atoms with Crippen molar-refractivity contribution in [2.75, 3.05) is 0 Å². The van der Waals surface area contributed by atoms with E-state index in [2.05, 4.69) is 5.32 Å². The molecule has 0 saturated heterocycles. The number of fused-ring (bicyclic) bond motifs is 1. The largest absolute Gasteiger partial charge is 0.467 e. The Balaban J connectivity index is 1.47. The van der Waals surface area contributed by atoms with Crippen molar-refractivity contribution in [2.45, 2.75) is 38.9 Å². The number of unbranched alkanes of at least 4 members (excludes halogenated alkanes) is 1. The minimum Gasteiger partial charge on any atom is -0.467 e. The molecule has 7 heteroatoms. The molecular formula is C25H25N3O4. The SMILES string of the molecule is O=C(CCCCn1c(=O)c2ccccc2n(Cc2ccccc2)c1=O)NCc1ccco1. The van der Waals surface area contributed by atoms with Crippen molar-refractivity contribution in [3.8, 4) is 0 Å². The number of benzene rings is 2. The van der Waals surface area contributed by atoms with Crippen molar-refractivity contribution in [3.63, 3.8) is 0 Å². The molecule has 2 heterocycles. The predicted molar refractivity (Wildman–Crippen MR) is 122 cm³/mol. The molecule has 0 saturated carbocycles. The molecule has 0 aliphatic heterocycles.